The fourth-order valence-corrected chi connectivity index (χ4v) is 2.26. The van der Waals surface area contributed by atoms with E-state index in [1.165, 1.54) is 0 Å². The smallest absolute Gasteiger partial charge is 0.303 e. The van der Waals surface area contributed by atoms with Gasteiger partial charge in [0.2, 0.25) is 0 Å². The third-order valence-electron chi connectivity index (χ3n) is 4.75. The van der Waals surface area contributed by atoms with Crippen molar-refractivity contribution in [1.82, 2.24) is 0 Å². The highest BCUT2D eigenvalue weighted by atomic mass is 16.4. The average Bonchev–Trinajstić information content (AvgIpc) is 2.33. The van der Waals surface area contributed by atoms with Crippen LogP contribution in [0.15, 0.2) is 12.7 Å². The fourth-order valence-electron chi connectivity index (χ4n) is 2.26. The molecule has 0 aromatic carbocycles. The molecule has 0 spiro atoms. The van der Waals surface area contributed by atoms with Crippen LogP contribution in [0.5, 0.6) is 0 Å². The summed E-state index contributed by atoms with van der Waals surface area (Å²) in [7, 11) is 0. The Hall–Kier alpha value is -1.12. The second kappa shape index (κ2) is 6.88. The second-order valence-electron chi connectivity index (χ2n) is 6.33. The Morgan fingerprint density at radius 3 is 2.05 bits per heavy atom. The lowest BCUT2D eigenvalue weighted by atomic mass is 9.68. The van der Waals surface area contributed by atoms with E-state index in [0.29, 0.717) is 0 Å². The Labute approximate surface area is 117 Å². The molecule has 0 rings (SSSR count). The van der Waals surface area contributed by atoms with Crippen molar-refractivity contribution in [3.05, 3.63) is 12.7 Å². The normalized spacial score (nSPS) is 18.2. The fraction of sp³-hybridized carbons (Fsp3) is 0.750. The molecule has 1 N–H and O–H groups in total. The number of hydrogen-bond donors (Lipinski definition) is 1. The predicted octanol–water partition coefficient (Wildman–Crippen LogP) is 3.79. The SMILES string of the molecule is C=C[C@H](C)[C@H](C)[C@@H](C)C(=O)C(C)(C)[C@@H](C)CC(=O)O. The van der Waals surface area contributed by atoms with Gasteiger partial charge in [0.1, 0.15) is 5.78 Å². The largest absolute Gasteiger partial charge is 0.481 e. The lowest BCUT2D eigenvalue weighted by molar-refractivity contribution is -0.141. The van der Waals surface area contributed by atoms with E-state index in [4.69, 9.17) is 5.11 Å². The molecule has 110 valence electrons. The van der Waals surface area contributed by atoms with E-state index in [-0.39, 0.29) is 35.9 Å². The third kappa shape index (κ3) is 4.48. The number of hydrogen-bond acceptors (Lipinski definition) is 2. The van der Waals surface area contributed by atoms with Gasteiger partial charge in [-0.05, 0) is 17.8 Å². The van der Waals surface area contributed by atoms with Crippen LogP contribution >= 0.6 is 0 Å². The number of rotatable bonds is 8. The van der Waals surface area contributed by atoms with E-state index < -0.39 is 11.4 Å². The first-order valence-corrected chi connectivity index (χ1v) is 6.94. The Balaban J connectivity index is 4.96. The van der Waals surface area contributed by atoms with Gasteiger partial charge in [-0.1, -0.05) is 47.6 Å². The van der Waals surface area contributed by atoms with Gasteiger partial charge in [0.25, 0.3) is 0 Å². The van der Waals surface area contributed by atoms with Crippen molar-refractivity contribution in [3.8, 4) is 0 Å². The molecule has 0 saturated carbocycles. The van der Waals surface area contributed by atoms with Crippen molar-refractivity contribution < 1.29 is 14.7 Å². The highest BCUT2D eigenvalue weighted by Gasteiger charge is 2.39. The van der Waals surface area contributed by atoms with Crippen LogP contribution in [0, 0.1) is 29.1 Å². The third-order valence-corrected chi connectivity index (χ3v) is 4.75. The summed E-state index contributed by atoms with van der Waals surface area (Å²) in [5.41, 5.74) is -0.618. The molecule has 19 heavy (non-hydrogen) atoms. The number of aliphatic carboxylic acids is 1. The van der Waals surface area contributed by atoms with Crippen LogP contribution in [0.2, 0.25) is 0 Å². The summed E-state index contributed by atoms with van der Waals surface area (Å²) in [6.07, 6.45) is 1.89. The summed E-state index contributed by atoms with van der Waals surface area (Å²) in [5, 5.41) is 8.88. The molecule has 3 heteroatoms. The number of ketones is 1. The summed E-state index contributed by atoms with van der Waals surface area (Å²) >= 11 is 0. The lowest BCUT2D eigenvalue weighted by Crippen LogP contribution is -2.39. The maximum absolute atomic E-state index is 12.6. The maximum Gasteiger partial charge on any atom is 0.303 e. The zero-order chi connectivity index (χ0) is 15.4. The number of carbonyl (C=O) groups is 2. The van der Waals surface area contributed by atoms with Crippen LogP contribution in [0.4, 0.5) is 0 Å². The summed E-state index contributed by atoms with van der Waals surface area (Å²) in [6, 6.07) is 0. The highest BCUT2D eigenvalue weighted by molar-refractivity contribution is 5.87. The molecule has 4 atom stereocenters. The zero-order valence-electron chi connectivity index (χ0n) is 13.1. The number of allylic oxidation sites excluding steroid dienone is 1. The number of carboxylic acid groups (broad SMARTS) is 1. The van der Waals surface area contributed by atoms with Crippen LogP contribution in [0.25, 0.3) is 0 Å². The lowest BCUT2D eigenvalue weighted by Gasteiger charge is -2.35. The molecular formula is C16H28O3. The Morgan fingerprint density at radius 2 is 1.68 bits per heavy atom. The van der Waals surface area contributed by atoms with Crippen molar-refractivity contribution in [2.24, 2.45) is 29.1 Å². The molecule has 0 aromatic heterocycles. The van der Waals surface area contributed by atoms with E-state index in [1.807, 2.05) is 40.7 Å². The van der Waals surface area contributed by atoms with Crippen LogP contribution < -0.4 is 0 Å². The van der Waals surface area contributed by atoms with Crippen molar-refractivity contribution in [1.29, 1.82) is 0 Å². The van der Waals surface area contributed by atoms with Crippen LogP contribution in [0.1, 0.15) is 48.0 Å². The van der Waals surface area contributed by atoms with E-state index in [2.05, 4.69) is 13.5 Å². The molecular weight excluding hydrogens is 240 g/mol. The van der Waals surface area contributed by atoms with Crippen LogP contribution in [0.3, 0.4) is 0 Å². The molecule has 0 radical (unpaired) electrons. The molecule has 0 fully saturated rings. The summed E-state index contributed by atoms with van der Waals surface area (Å²) in [5.74, 6) is -0.507. The van der Waals surface area contributed by atoms with Crippen molar-refractivity contribution in [2.75, 3.05) is 0 Å². The van der Waals surface area contributed by atoms with Gasteiger partial charge in [0.15, 0.2) is 0 Å². The number of Topliss-reactive ketones (excluding diaryl/α,β-unsaturated/α-hetero) is 1. The van der Waals surface area contributed by atoms with E-state index in [9.17, 15) is 9.59 Å². The Morgan fingerprint density at radius 1 is 1.21 bits per heavy atom. The highest BCUT2D eigenvalue weighted by Crippen LogP contribution is 2.36. The maximum atomic E-state index is 12.6. The average molecular weight is 268 g/mol. The van der Waals surface area contributed by atoms with Gasteiger partial charge in [-0.25, -0.2) is 0 Å². The monoisotopic (exact) mass is 268 g/mol. The van der Waals surface area contributed by atoms with Crippen LogP contribution in [-0.2, 0) is 9.59 Å². The van der Waals surface area contributed by atoms with Crippen molar-refractivity contribution in [2.45, 2.75) is 48.0 Å². The topological polar surface area (TPSA) is 54.4 Å². The Kier molecular flexibility index (Phi) is 6.47. The first-order chi connectivity index (χ1) is 8.55. The summed E-state index contributed by atoms with van der Waals surface area (Å²) in [4.78, 5) is 23.4. The molecule has 0 amide bonds. The minimum Gasteiger partial charge on any atom is -0.481 e. The molecule has 0 saturated heterocycles. The van der Waals surface area contributed by atoms with Gasteiger partial charge < -0.3 is 5.11 Å². The van der Waals surface area contributed by atoms with E-state index in [1.54, 1.807) is 0 Å². The summed E-state index contributed by atoms with van der Waals surface area (Å²) < 4.78 is 0. The molecule has 0 aliphatic carbocycles. The van der Waals surface area contributed by atoms with Gasteiger partial charge in [-0.15, -0.1) is 6.58 Å². The molecule has 0 heterocycles. The second-order valence-corrected chi connectivity index (χ2v) is 6.33. The van der Waals surface area contributed by atoms with Crippen LogP contribution in [-0.4, -0.2) is 16.9 Å². The zero-order valence-corrected chi connectivity index (χ0v) is 13.1. The molecule has 0 unspecified atom stereocenters. The first-order valence-electron chi connectivity index (χ1n) is 6.94. The minimum atomic E-state index is -0.853. The molecule has 0 aromatic rings. The number of carboxylic acids is 1. The van der Waals surface area contributed by atoms with Gasteiger partial charge in [-0.2, -0.15) is 0 Å². The van der Waals surface area contributed by atoms with E-state index >= 15 is 0 Å². The van der Waals surface area contributed by atoms with Gasteiger partial charge in [0.05, 0.1) is 0 Å². The first kappa shape index (κ1) is 17.9. The predicted molar refractivity (Wildman–Crippen MR) is 77.9 cm³/mol. The molecule has 0 bridgehead atoms. The van der Waals surface area contributed by atoms with Crippen molar-refractivity contribution >= 4 is 11.8 Å². The molecule has 0 aliphatic heterocycles. The van der Waals surface area contributed by atoms with Gasteiger partial charge >= 0.3 is 5.97 Å². The molecule has 3 nitrogen and oxygen atoms in total. The quantitative estimate of drug-likeness (QED) is 0.681. The van der Waals surface area contributed by atoms with E-state index in [0.717, 1.165) is 0 Å². The van der Waals surface area contributed by atoms with Gasteiger partial charge in [-0.3, -0.25) is 9.59 Å². The number of carbonyl (C=O) groups excluding carboxylic acids is 1. The minimum absolute atomic E-state index is 0.0247. The van der Waals surface area contributed by atoms with Crippen molar-refractivity contribution in [3.63, 3.8) is 0 Å². The van der Waals surface area contributed by atoms with Gasteiger partial charge in [0, 0.05) is 17.8 Å². The summed E-state index contributed by atoms with van der Waals surface area (Å²) in [6.45, 7) is 15.3. The Bertz CT molecular complexity index is 344. The molecule has 0 aliphatic rings. The standard InChI is InChI=1S/C16H28O3/c1-8-10(2)12(4)13(5)15(19)16(6,7)11(3)9-14(17)18/h8,10-13H,1,9H2,2-7H3,(H,17,18)/t10-,11-,12-,13+/m0/s1.